The number of hydrogen-bond donors (Lipinski definition) is 5. The van der Waals surface area contributed by atoms with Gasteiger partial charge in [-0.15, -0.1) is 0 Å². The van der Waals surface area contributed by atoms with Crippen molar-refractivity contribution < 1.29 is 9.53 Å². The Bertz CT molecular complexity index is 791. The molecule has 2 aromatic carbocycles. The Kier molecular flexibility index (Phi) is 6.57. The molecule has 1 atom stereocenters. The van der Waals surface area contributed by atoms with Gasteiger partial charge in [0, 0.05) is 29.5 Å². The first kappa shape index (κ1) is 19.3. The van der Waals surface area contributed by atoms with Gasteiger partial charge in [0.25, 0.3) is 0 Å². The Morgan fingerprint density at radius 1 is 1.27 bits per heavy atom. The first-order valence-corrected chi connectivity index (χ1v) is 8.31. The van der Waals surface area contributed by atoms with Crippen LogP contribution in [0.4, 0.5) is 11.4 Å². The van der Waals surface area contributed by atoms with Crippen LogP contribution in [0, 0.1) is 5.41 Å². The molecule has 138 valence electrons. The molecule has 0 saturated carbocycles. The molecule has 2 rings (SSSR count). The van der Waals surface area contributed by atoms with E-state index in [2.05, 4.69) is 10.6 Å². The Balaban J connectivity index is 2.29. The number of nitrogens with two attached hydrogens (primary N) is 2. The molecule has 0 aromatic heterocycles. The molecule has 0 fully saturated rings. The number of nitrogen functional groups attached to an aromatic ring is 1. The van der Waals surface area contributed by atoms with E-state index in [9.17, 15) is 4.79 Å². The van der Waals surface area contributed by atoms with Gasteiger partial charge in [-0.1, -0.05) is 18.2 Å². The van der Waals surface area contributed by atoms with E-state index in [1.54, 1.807) is 32.4 Å². The maximum atomic E-state index is 12.9. The summed E-state index contributed by atoms with van der Waals surface area (Å²) in [6, 6.07) is 12.5. The third-order valence-electron chi connectivity index (χ3n) is 4.13. The molecule has 0 aliphatic rings. The Morgan fingerprint density at radius 3 is 2.65 bits per heavy atom. The van der Waals surface area contributed by atoms with Gasteiger partial charge in [-0.2, -0.15) is 0 Å². The van der Waals surface area contributed by atoms with Crippen molar-refractivity contribution >= 4 is 23.1 Å². The number of ether oxygens (including phenoxy) is 1. The summed E-state index contributed by atoms with van der Waals surface area (Å²) >= 11 is 0. The monoisotopic (exact) mass is 355 g/mol. The van der Waals surface area contributed by atoms with Crippen molar-refractivity contribution in [2.24, 2.45) is 5.73 Å². The van der Waals surface area contributed by atoms with Crippen LogP contribution in [0.3, 0.4) is 0 Å². The first-order valence-electron chi connectivity index (χ1n) is 8.31. The van der Waals surface area contributed by atoms with E-state index >= 15 is 0 Å². The van der Waals surface area contributed by atoms with E-state index in [4.69, 9.17) is 21.6 Å². The Labute approximate surface area is 153 Å². The highest BCUT2D eigenvalue weighted by Gasteiger charge is 2.23. The van der Waals surface area contributed by atoms with Crippen LogP contribution in [0.5, 0.6) is 5.75 Å². The van der Waals surface area contributed by atoms with Crippen LogP contribution in [-0.4, -0.2) is 32.4 Å². The summed E-state index contributed by atoms with van der Waals surface area (Å²) in [5.74, 6) is 0.199. The van der Waals surface area contributed by atoms with Crippen molar-refractivity contribution in [1.82, 2.24) is 5.32 Å². The summed E-state index contributed by atoms with van der Waals surface area (Å²) in [6.07, 6.45) is 0.486. The zero-order valence-corrected chi connectivity index (χ0v) is 15.0. The lowest BCUT2D eigenvalue weighted by atomic mass is 9.93. The minimum absolute atomic E-state index is 0.182. The van der Waals surface area contributed by atoms with E-state index in [-0.39, 0.29) is 11.7 Å². The topological polar surface area (TPSA) is 126 Å². The lowest BCUT2D eigenvalue weighted by molar-refractivity contribution is -0.117. The number of carbonyl (C=O) groups excluding carboxylic acids is 1. The standard InChI is InChI=1S/C19H25N5O2/c1-23-18(22)15-11-12(7-8-16(15)21)24-19(25)14(9-10-20)13-5-3-4-6-17(13)26-2/h3-8,11,14H,9-10,20-21H2,1-2H3,(H2,22,23)(H,24,25). The number of benzene rings is 2. The quantitative estimate of drug-likeness (QED) is 0.294. The van der Waals surface area contributed by atoms with E-state index in [1.165, 1.54) is 0 Å². The summed E-state index contributed by atoms with van der Waals surface area (Å²) in [5.41, 5.74) is 14.0. The van der Waals surface area contributed by atoms with Crippen LogP contribution in [0.1, 0.15) is 23.5 Å². The van der Waals surface area contributed by atoms with E-state index in [0.717, 1.165) is 5.56 Å². The van der Waals surface area contributed by atoms with Crippen molar-refractivity contribution in [3.05, 3.63) is 53.6 Å². The van der Waals surface area contributed by atoms with Crippen LogP contribution in [0.15, 0.2) is 42.5 Å². The van der Waals surface area contributed by atoms with Crippen LogP contribution in [0.25, 0.3) is 0 Å². The molecule has 0 saturated heterocycles. The minimum Gasteiger partial charge on any atom is -0.496 e. The number of anilines is 2. The molecule has 0 aliphatic heterocycles. The zero-order valence-electron chi connectivity index (χ0n) is 15.0. The minimum atomic E-state index is -0.444. The van der Waals surface area contributed by atoms with Crippen LogP contribution >= 0.6 is 0 Å². The van der Waals surface area contributed by atoms with Gasteiger partial charge in [-0.05, 0) is 37.2 Å². The molecule has 0 bridgehead atoms. The van der Waals surface area contributed by atoms with Gasteiger partial charge in [0.05, 0.1) is 13.0 Å². The van der Waals surface area contributed by atoms with Crippen molar-refractivity contribution in [3.63, 3.8) is 0 Å². The average molecular weight is 355 g/mol. The third-order valence-corrected chi connectivity index (χ3v) is 4.13. The molecule has 0 aliphatic carbocycles. The normalized spacial score (nSPS) is 11.5. The predicted molar refractivity (Wildman–Crippen MR) is 105 cm³/mol. The van der Waals surface area contributed by atoms with Crippen LogP contribution in [-0.2, 0) is 4.79 Å². The highest BCUT2D eigenvalue weighted by atomic mass is 16.5. The SMILES string of the molecule is CNC(=N)c1cc(NC(=O)C(CCN)c2ccccc2OC)ccc1N. The molecule has 0 spiro atoms. The second-order valence-corrected chi connectivity index (χ2v) is 5.79. The second kappa shape index (κ2) is 8.87. The van der Waals surface area contributed by atoms with Crippen molar-refractivity contribution in [2.45, 2.75) is 12.3 Å². The number of methoxy groups -OCH3 is 1. The van der Waals surface area contributed by atoms with Gasteiger partial charge < -0.3 is 26.8 Å². The van der Waals surface area contributed by atoms with Crippen LogP contribution < -0.4 is 26.8 Å². The molecule has 1 unspecified atom stereocenters. The van der Waals surface area contributed by atoms with E-state index in [0.29, 0.717) is 35.7 Å². The lowest BCUT2D eigenvalue weighted by Gasteiger charge is -2.19. The van der Waals surface area contributed by atoms with Crippen molar-refractivity contribution in [3.8, 4) is 5.75 Å². The highest BCUT2D eigenvalue weighted by molar-refractivity contribution is 6.03. The molecule has 7 heteroatoms. The molecular weight excluding hydrogens is 330 g/mol. The highest BCUT2D eigenvalue weighted by Crippen LogP contribution is 2.30. The van der Waals surface area contributed by atoms with Gasteiger partial charge >= 0.3 is 0 Å². The summed E-state index contributed by atoms with van der Waals surface area (Å²) in [6.45, 7) is 0.369. The molecule has 0 radical (unpaired) electrons. The number of nitrogens with one attached hydrogen (secondary N) is 3. The Hall–Kier alpha value is -3.06. The number of carbonyl (C=O) groups is 1. The maximum absolute atomic E-state index is 12.9. The fraction of sp³-hybridized carbons (Fsp3) is 0.263. The number of amides is 1. The molecule has 0 heterocycles. The number of hydrogen-bond acceptors (Lipinski definition) is 5. The number of rotatable bonds is 7. The fourth-order valence-corrected chi connectivity index (χ4v) is 2.76. The third kappa shape index (κ3) is 4.31. The maximum Gasteiger partial charge on any atom is 0.232 e. The Morgan fingerprint density at radius 2 is 2.00 bits per heavy atom. The molecule has 7 nitrogen and oxygen atoms in total. The second-order valence-electron chi connectivity index (χ2n) is 5.79. The molecule has 2 aromatic rings. The van der Waals surface area contributed by atoms with Gasteiger partial charge in [-0.25, -0.2) is 0 Å². The summed E-state index contributed by atoms with van der Waals surface area (Å²) in [4.78, 5) is 12.9. The number of amidine groups is 1. The zero-order chi connectivity index (χ0) is 19.1. The summed E-state index contributed by atoms with van der Waals surface area (Å²) in [5, 5.41) is 13.5. The first-order chi connectivity index (χ1) is 12.5. The van der Waals surface area contributed by atoms with Gasteiger partial charge in [0.1, 0.15) is 11.6 Å². The van der Waals surface area contributed by atoms with Gasteiger partial charge in [-0.3, -0.25) is 10.2 Å². The largest absolute Gasteiger partial charge is 0.496 e. The average Bonchev–Trinajstić information content (AvgIpc) is 2.66. The van der Waals surface area contributed by atoms with Gasteiger partial charge in [0.2, 0.25) is 5.91 Å². The fourth-order valence-electron chi connectivity index (χ4n) is 2.76. The van der Waals surface area contributed by atoms with E-state index < -0.39 is 5.92 Å². The van der Waals surface area contributed by atoms with E-state index in [1.807, 2.05) is 24.3 Å². The number of para-hydroxylation sites is 1. The lowest BCUT2D eigenvalue weighted by Crippen LogP contribution is -2.24. The molecule has 1 amide bonds. The molecule has 26 heavy (non-hydrogen) atoms. The molecule has 7 N–H and O–H groups in total. The smallest absolute Gasteiger partial charge is 0.232 e. The van der Waals surface area contributed by atoms with Gasteiger partial charge in [0.15, 0.2) is 0 Å². The van der Waals surface area contributed by atoms with Crippen molar-refractivity contribution in [1.29, 1.82) is 5.41 Å². The summed E-state index contributed by atoms with van der Waals surface area (Å²) in [7, 11) is 3.22. The van der Waals surface area contributed by atoms with Crippen molar-refractivity contribution in [2.75, 3.05) is 31.8 Å². The van der Waals surface area contributed by atoms with Crippen LogP contribution in [0.2, 0.25) is 0 Å². The molecular formula is C19H25N5O2. The predicted octanol–water partition coefficient (Wildman–Crippen LogP) is 1.89. The summed E-state index contributed by atoms with van der Waals surface area (Å²) < 4.78 is 5.38.